The van der Waals surface area contributed by atoms with Gasteiger partial charge >= 0.3 is 0 Å². The highest BCUT2D eigenvalue weighted by atomic mass is 32.2. The second kappa shape index (κ2) is 26.8. The number of aliphatic hydroxyl groups excluding tert-OH is 1. The minimum absolute atomic E-state index is 0.289. The van der Waals surface area contributed by atoms with Gasteiger partial charge in [-0.2, -0.15) is 8.42 Å². The molecule has 0 aromatic heterocycles. The van der Waals surface area contributed by atoms with Crippen LogP contribution in [0.4, 0.5) is 0 Å². The number of carbonyl (C=O) groups excluding carboxylic acids is 1. The fraction of sp³-hybridized carbons (Fsp3) is 0.781. The molecule has 6 nitrogen and oxygen atoms in total. The number of amides is 1. The van der Waals surface area contributed by atoms with Crippen molar-refractivity contribution in [2.75, 3.05) is 5.75 Å². The molecule has 0 spiro atoms. The molecule has 0 rings (SSSR count). The Morgan fingerprint density at radius 2 is 1.15 bits per heavy atom. The summed E-state index contributed by atoms with van der Waals surface area (Å²) < 4.78 is 31.9. The summed E-state index contributed by atoms with van der Waals surface area (Å²) in [5, 5.41) is 12.9. The van der Waals surface area contributed by atoms with E-state index in [1.54, 1.807) is 6.08 Å². The van der Waals surface area contributed by atoms with E-state index in [1.165, 1.54) is 76.7 Å². The summed E-state index contributed by atoms with van der Waals surface area (Å²) in [6, 6.07) is -1.05. The van der Waals surface area contributed by atoms with E-state index < -0.39 is 28.0 Å². The predicted molar refractivity (Wildman–Crippen MR) is 165 cm³/mol. The van der Waals surface area contributed by atoms with Gasteiger partial charge in [-0.25, -0.2) is 0 Å². The molecule has 0 aliphatic rings. The van der Waals surface area contributed by atoms with Gasteiger partial charge in [0.2, 0.25) is 5.91 Å². The van der Waals surface area contributed by atoms with Crippen LogP contribution in [-0.4, -0.2) is 41.9 Å². The molecule has 3 N–H and O–H groups in total. The van der Waals surface area contributed by atoms with Gasteiger partial charge in [0.25, 0.3) is 10.1 Å². The van der Waals surface area contributed by atoms with Crippen LogP contribution in [-0.2, 0) is 14.9 Å². The maximum Gasteiger partial charge on any atom is 0.267 e. The molecule has 39 heavy (non-hydrogen) atoms. The van der Waals surface area contributed by atoms with Crippen molar-refractivity contribution in [1.82, 2.24) is 5.32 Å². The maximum absolute atomic E-state index is 12.3. The molecule has 0 aromatic rings. The van der Waals surface area contributed by atoms with E-state index in [2.05, 4.69) is 43.5 Å². The van der Waals surface area contributed by atoms with Gasteiger partial charge in [0.1, 0.15) is 0 Å². The molecule has 0 heterocycles. The van der Waals surface area contributed by atoms with Crippen molar-refractivity contribution in [2.24, 2.45) is 0 Å². The van der Waals surface area contributed by atoms with Crippen molar-refractivity contribution in [1.29, 1.82) is 0 Å². The second-order valence-electron chi connectivity index (χ2n) is 10.7. The van der Waals surface area contributed by atoms with Crippen LogP contribution in [0.25, 0.3) is 0 Å². The lowest BCUT2D eigenvalue weighted by Gasteiger charge is -2.21. The smallest absolute Gasteiger partial charge is 0.267 e. The van der Waals surface area contributed by atoms with Crippen molar-refractivity contribution in [3.63, 3.8) is 0 Å². The van der Waals surface area contributed by atoms with Gasteiger partial charge in [0.05, 0.1) is 17.9 Å². The second-order valence-corrected chi connectivity index (χ2v) is 12.2. The summed E-state index contributed by atoms with van der Waals surface area (Å²) >= 11 is 0. The molecule has 2 atom stereocenters. The van der Waals surface area contributed by atoms with Crippen LogP contribution >= 0.6 is 0 Å². The van der Waals surface area contributed by atoms with E-state index in [-0.39, 0.29) is 12.3 Å². The molecule has 2 unspecified atom stereocenters. The summed E-state index contributed by atoms with van der Waals surface area (Å²) in [7, 11) is -4.32. The quantitative estimate of drug-likeness (QED) is 0.0525. The lowest BCUT2D eigenvalue weighted by molar-refractivity contribution is -0.122. The average Bonchev–Trinajstić information content (AvgIpc) is 2.88. The normalized spacial score (nSPS) is 14.1. The van der Waals surface area contributed by atoms with Crippen molar-refractivity contribution in [3.8, 4) is 0 Å². The number of rotatable bonds is 27. The predicted octanol–water partition coefficient (Wildman–Crippen LogP) is 8.23. The standard InChI is InChI=1S/C32H59NO5S/c1-3-5-7-9-10-11-12-13-14-15-16-17-18-19-20-21-22-24-26-28-32(35)33-30(29-39(36,37)38)31(34)27-25-23-8-6-4-2/h10-11,13-14,25,27,30-31,34H,3-9,12,15-24,26,28-29H2,1-2H3,(H,33,35)(H,36,37,38)/b11-10-,14-13-,27-25+. The van der Waals surface area contributed by atoms with Gasteiger partial charge in [-0.3, -0.25) is 9.35 Å². The van der Waals surface area contributed by atoms with Crippen LogP contribution in [0, 0.1) is 0 Å². The number of hydrogen-bond acceptors (Lipinski definition) is 4. The number of allylic oxidation sites excluding steroid dienone is 5. The third-order valence-corrected chi connectivity index (χ3v) is 7.59. The van der Waals surface area contributed by atoms with Gasteiger partial charge in [-0.05, 0) is 51.4 Å². The highest BCUT2D eigenvalue weighted by Crippen LogP contribution is 2.12. The van der Waals surface area contributed by atoms with Crippen LogP contribution in [0.1, 0.15) is 142 Å². The highest BCUT2D eigenvalue weighted by molar-refractivity contribution is 7.85. The van der Waals surface area contributed by atoms with Crippen LogP contribution in [0.2, 0.25) is 0 Å². The first kappa shape index (κ1) is 37.6. The first-order valence-corrected chi connectivity index (χ1v) is 17.3. The number of unbranched alkanes of at least 4 members (excludes halogenated alkanes) is 15. The molecule has 0 fully saturated rings. The summed E-state index contributed by atoms with van der Waals surface area (Å²) in [4.78, 5) is 12.3. The molecule has 0 aliphatic carbocycles. The molecule has 0 saturated heterocycles. The van der Waals surface area contributed by atoms with Crippen molar-refractivity contribution >= 4 is 16.0 Å². The summed E-state index contributed by atoms with van der Waals surface area (Å²) in [5.74, 6) is -0.995. The van der Waals surface area contributed by atoms with Gasteiger partial charge < -0.3 is 10.4 Å². The minimum Gasteiger partial charge on any atom is -0.387 e. The summed E-state index contributed by atoms with van der Waals surface area (Å²) in [5.41, 5.74) is 0. The maximum atomic E-state index is 12.3. The first-order chi connectivity index (χ1) is 18.8. The lowest BCUT2D eigenvalue weighted by atomic mass is 10.1. The Kier molecular flexibility index (Phi) is 25.8. The number of nitrogens with one attached hydrogen (secondary N) is 1. The van der Waals surface area contributed by atoms with E-state index >= 15 is 0 Å². The molecule has 1 amide bonds. The zero-order valence-electron chi connectivity index (χ0n) is 25.0. The Morgan fingerprint density at radius 1 is 0.692 bits per heavy atom. The average molecular weight is 570 g/mol. The monoisotopic (exact) mass is 569 g/mol. The number of hydrogen-bond donors (Lipinski definition) is 3. The van der Waals surface area contributed by atoms with Crippen molar-refractivity contribution < 1.29 is 22.9 Å². The van der Waals surface area contributed by atoms with Crippen LogP contribution < -0.4 is 5.32 Å². The van der Waals surface area contributed by atoms with Crippen LogP contribution in [0.15, 0.2) is 36.5 Å². The van der Waals surface area contributed by atoms with Crippen LogP contribution in [0.3, 0.4) is 0 Å². The van der Waals surface area contributed by atoms with Crippen LogP contribution in [0.5, 0.6) is 0 Å². The Bertz CT molecular complexity index is 761. The van der Waals surface area contributed by atoms with E-state index in [9.17, 15) is 22.9 Å². The molecular formula is C32H59NO5S. The SMILES string of the molecule is CCCCC/C=C\C/C=C\CCCCCCCCCCCC(=O)NC(CS(=O)(=O)O)C(O)/C=C/CCCCC. The fourth-order valence-electron chi connectivity index (χ4n) is 4.42. The molecule has 0 bridgehead atoms. The third-order valence-electron chi connectivity index (χ3n) is 6.81. The lowest BCUT2D eigenvalue weighted by Crippen LogP contribution is -2.46. The topological polar surface area (TPSA) is 104 Å². The minimum atomic E-state index is -4.32. The first-order valence-electron chi connectivity index (χ1n) is 15.7. The third kappa shape index (κ3) is 27.9. The molecule has 7 heteroatoms. The number of aliphatic hydroxyl groups is 1. The zero-order chi connectivity index (χ0) is 29.0. The Morgan fingerprint density at radius 3 is 1.67 bits per heavy atom. The Balaban J connectivity index is 3.85. The molecule has 0 radical (unpaired) electrons. The van der Waals surface area contributed by atoms with Gasteiger partial charge in [-0.15, -0.1) is 0 Å². The fourth-order valence-corrected chi connectivity index (χ4v) is 5.15. The molecule has 0 aromatic carbocycles. The molecule has 0 aliphatic heterocycles. The van der Waals surface area contributed by atoms with Gasteiger partial charge in [0.15, 0.2) is 0 Å². The van der Waals surface area contributed by atoms with Crippen molar-refractivity contribution in [2.45, 2.75) is 154 Å². The molecule has 228 valence electrons. The zero-order valence-corrected chi connectivity index (χ0v) is 25.8. The Hall–Kier alpha value is -1.44. The van der Waals surface area contributed by atoms with E-state index in [0.29, 0.717) is 0 Å². The van der Waals surface area contributed by atoms with Crippen molar-refractivity contribution in [3.05, 3.63) is 36.5 Å². The van der Waals surface area contributed by atoms with E-state index in [1.807, 2.05) is 0 Å². The molecular weight excluding hydrogens is 510 g/mol. The Labute approximate surface area is 240 Å². The number of carbonyl (C=O) groups is 1. The van der Waals surface area contributed by atoms with E-state index in [0.717, 1.165) is 51.4 Å². The largest absolute Gasteiger partial charge is 0.387 e. The summed E-state index contributed by atoms with van der Waals surface area (Å²) in [6.45, 7) is 4.34. The van der Waals surface area contributed by atoms with E-state index in [4.69, 9.17) is 0 Å². The van der Waals surface area contributed by atoms with Gasteiger partial charge in [-0.1, -0.05) is 121 Å². The highest BCUT2D eigenvalue weighted by Gasteiger charge is 2.24. The summed E-state index contributed by atoms with van der Waals surface area (Å²) in [6.07, 6.45) is 33.1. The van der Waals surface area contributed by atoms with Gasteiger partial charge in [0, 0.05) is 6.42 Å². The molecule has 0 saturated carbocycles.